The van der Waals surface area contributed by atoms with Gasteiger partial charge in [0.05, 0.1) is 6.54 Å². The van der Waals surface area contributed by atoms with Gasteiger partial charge in [-0.3, -0.25) is 9.59 Å². The number of likely N-dealkylation sites (tertiary alicyclic amines) is 1. The quantitative estimate of drug-likeness (QED) is 0.801. The fourth-order valence-corrected chi connectivity index (χ4v) is 3.42. The van der Waals surface area contributed by atoms with Crippen molar-refractivity contribution in [1.29, 1.82) is 0 Å². The number of rotatable bonds is 3. The summed E-state index contributed by atoms with van der Waals surface area (Å²) < 4.78 is 0. The Morgan fingerprint density at radius 2 is 1.80 bits per heavy atom. The van der Waals surface area contributed by atoms with E-state index >= 15 is 0 Å². The van der Waals surface area contributed by atoms with E-state index in [1.165, 1.54) is 0 Å². The molecule has 2 fully saturated rings. The number of nitrogens with zero attached hydrogens (tertiary/aromatic N) is 1. The Bertz CT molecular complexity index is 366. The molecule has 0 aromatic rings. The minimum Gasteiger partial charge on any atom is -0.347 e. The van der Waals surface area contributed by atoms with Crippen LogP contribution in [0.5, 0.6) is 0 Å². The van der Waals surface area contributed by atoms with Gasteiger partial charge in [0.2, 0.25) is 11.8 Å². The third-order valence-corrected chi connectivity index (χ3v) is 4.90. The summed E-state index contributed by atoms with van der Waals surface area (Å²) in [6.07, 6.45) is 3.86. The van der Waals surface area contributed by atoms with Crippen molar-refractivity contribution in [1.82, 2.24) is 10.2 Å². The monoisotopic (exact) mass is 281 g/mol. The zero-order chi connectivity index (χ0) is 14.7. The van der Waals surface area contributed by atoms with Crippen molar-refractivity contribution in [2.45, 2.75) is 45.6 Å². The van der Waals surface area contributed by atoms with Gasteiger partial charge in [-0.05, 0) is 37.5 Å². The Kier molecular flexibility index (Phi) is 5.02. The van der Waals surface area contributed by atoms with Gasteiger partial charge in [0, 0.05) is 25.0 Å². The minimum atomic E-state index is -0.0485. The third kappa shape index (κ3) is 3.51. The van der Waals surface area contributed by atoms with Gasteiger partial charge in [0.15, 0.2) is 0 Å². The number of amides is 2. The second kappa shape index (κ2) is 6.57. The van der Waals surface area contributed by atoms with Crippen molar-refractivity contribution in [3.05, 3.63) is 0 Å². The second-order valence-electron chi connectivity index (χ2n) is 6.50. The van der Waals surface area contributed by atoms with Gasteiger partial charge in [-0.2, -0.15) is 0 Å². The molecule has 3 N–H and O–H groups in total. The topological polar surface area (TPSA) is 75.4 Å². The van der Waals surface area contributed by atoms with E-state index in [0.717, 1.165) is 38.8 Å². The van der Waals surface area contributed by atoms with Gasteiger partial charge in [-0.15, -0.1) is 0 Å². The Hall–Kier alpha value is -1.10. The average Bonchev–Trinajstić information content (AvgIpc) is 2.94. The van der Waals surface area contributed by atoms with Crippen molar-refractivity contribution >= 4 is 11.8 Å². The summed E-state index contributed by atoms with van der Waals surface area (Å²) in [4.78, 5) is 26.0. The van der Waals surface area contributed by atoms with Crippen LogP contribution in [-0.2, 0) is 9.59 Å². The van der Waals surface area contributed by atoms with E-state index in [4.69, 9.17) is 5.73 Å². The van der Waals surface area contributed by atoms with Gasteiger partial charge in [0.1, 0.15) is 0 Å². The summed E-state index contributed by atoms with van der Waals surface area (Å²) in [5.74, 6) is 0.795. The number of nitrogens with two attached hydrogens (primary N) is 1. The summed E-state index contributed by atoms with van der Waals surface area (Å²) in [5, 5.41) is 2.81. The number of carbonyl (C=O) groups excluding carboxylic acids is 2. The standard InChI is InChI=1S/C15H27N3O2/c1-10-7-11(2)13(16)8-12(10)15(20)17-9-14(19)18-5-3-4-6-18/h10-13H,3-9,16H2,1-2H3,(H,17,20). The molecule has 20 heavy (non-hydrogen) atoms. The summed E-state index contributed by atoms with van der Waals surface area (Å²) in [7, 11) is 0. The van der Waals surface area contributed by atoms with Crippen LogP contribution in [0.25, 0.3) is 0 Å². The van der Waals surface area contributed by atoms with Crippen LogP contribution in [0, 0.1) is 17.8 Å². The lowest BCUT2D eigenvalue weighted by atomic mass is 9.72. The van der Waals surface area contributed by atoms with E-state index < -0.39 is 0 Å². The van der Waals surface area contributed by atoms with Crippen molar-refractivity contribution in [3.63, 3.8) is 0 Å². The molecule has 0 radical (unpaired) electrons. The lowest BCUT2D eigenvalue weighted by Gasteiger charge is -2.36. The van der Waals surface area contributed by atoms with Crippen LogP contribution in [-0.4, -0.2) is 42.4 Å². The fourth-order valence-electron chi connectivity index (χ4n) is 3.42. The predicted octanol–water partition coefficient (Wildman–Crippen LogP) is 0.735. The number of nitrogens with one attached hydrogen (secondary N) is 1. The maximum atomic E-state index is 12.2. The molecule has 4 unspecified atom stereocenters. The van der Waals surface area contributed by atoms with E-state index in [0.29, 0.717) is 11.8 Å². The van der Waals surface area contributed by atoms with Gasteiger partial charge < -0.3 is 16.0 Å². The molecular weight excluding hydrogens is 254 g/mol. The first-order chi connectivity index (χ1) is 9.49. The van der Waals surface area contributed by atoms with E-state index in [1.54, 1.807) is 0 Å². The Morgan fingerprint density at radius 1 is 1.15 bits per heavy atom. The molecule has 1 heterocycles. The van der Waals surface area contributed by atoms with Crippen LogP contribution in [0.15, 0.2) is 0 Å². The van der Waals surface area contributed by atoms with Gasteiger partial charge in [-0.25, -0.2) is 0 Å². The predicted molar refractivity (Wildman–Crippen MR) is 77.9 cm³/mol. The molecule has 114 valence electrons. The molecule has 1 aliphatic heterocycles. The van der Waals surface area contributed by atoms with Crippen LogP contribution in [0.4, 0.5) is 0 Å². The molecule has 2 amide bonds. The van der Waals surface area contributed by atoms with E-state index in [2.05, 4.69) is 19.2 Å². The molecule has 4 atom stereocenters. The first-order valence-electron chi connectivity index (χ1n) is 7.80. The Morgan fingerprint density at radius 3 is 2.45 bits per heavy atom. The highest BCUT2D eigenvalue weighted by Crippen LogP contribution is 2.32. The average molecular weight is 281 g/mol. The van der Waals surface area contributed by atoms with Gasteiger partial charge in [0.25, 0.3) is 0 Å². The van der Waals surface area contributed by atoms with E-state index in [9.17, 15) is 9.59 Å². The van der Waals surface area contributed by atoms with Crippen LogP contribution in [0.3, 0.4) is 0 Å². The summed E-state index contributed by atoms with van der Waals surface area (Å²) >= 11 is 0. The molecule has 5 heteroatoms. The summed E-state index contributed by atoms with van der Waals surface area (Å²) in [6.45, 7) is 6.04. The van der Waals surface area contributed by atoms with Crippen LogP contribution in [0.2, 0.25) is 0 Å². The normalized spacial score (nSPS) is 34.0. The lowest BCUT2D eigenvalue weighted by Crippen LogP contribution is -2.47. The number of carbonyl (C=O) groups is 2. The van der Waals surface area contributed by atoms with E-state index in [-0.39, 0.29) is 30.3 Å². The van der Waals surface area contributed by atoms with Gasteiger partial charge >= 0.3 is 0 Å². The molecule has 1 saturated carbocycles. The molecule has 1 aliphatic carbocycles. The summed E-state index contributed by atoms with van der Waals surface area (Å²) in [6, 6.07) is 0.0937. The highest BCUT2D eigenvalue weighted by molar-refractivity contribution is 5.86. The zero-order valence-corrected chi connectivity index (χ0v) is 12.6. The second-order valence-corrected chi connectivity index (χ2v) is 6.50. The number of hydrogen-bond acceptors (Lipinski definition) is 3. The van der Waals surface area contributed by atoms with E-state index in [1.807, 2.05) is 4.90 Å². The summed E-state index contributed by atoms with van der Waals surface area (Å²) in [5.41, 5.74) is 6.07. The molecule has 1 saturated heterocycles. The molecular formula is C15H27N3O2. The SMILES string of the molecule is CC1CC(C)C(C(=O)NCC(=O)N2CCCC2)CC1N. The lowest BCUT2D eigenvalue weighted by molar-refractivity contribution is -0.134. The zero-order valence-electron chi connectivity index (χ0n) is 12.6. The smallest absolute Gasteiger partial charge is 0.241 e. The molecule has 0 spiro atoms. The largest absolute Gasteiger partial charge is 0.347 e. The molecule has 0 aromatic heterocycles. The maximum Gasteiger partial charge on any atom is 0.241 e. The molecule has 2 aliphatic rings. The minimum absolute atomic E-state index is 0.00704. The Labute approximate surface area is 121 Å². The molecule has 2 rings (SSSR count). The van der Waals surface area contributed by atoms with Crippen LogP contribution < -0.4 is 11.1 Å². The molecule has 0 bridgehead atoms. The Balaban J connectivity index is 1.80. The van der Waals surface area contributed by atoms with Crippen molar-refractivity contribution in [3.8, 4) is 0 Å². The third-order valence-electron chi connectivity index (χ3n) is 4.90. The van der Waals surface area contributed by atoms with Gasteiger partial charge in [-0.1, -0.05) is 13.8 Å². The highest BCUT2D eigenvalue weighted by Gasteiger charge is 2.35. The van der Waals surface area contributed by atoms with Crippen LogP contribution >= 0.6 is 0 Å². The first kappa shape index (κ1) is 15.3. The number of hydrogen-bond donors (Lipinski definition) is 2. The molecule has 5 nitrogen and oxygen atoms in total. The van der Waals surface area contributed by atoms with Crippen molar-refractivity contribution < 1.29 is 9.59 Å². The maximum absolute atomic E-state index is 12.2. The molecule has 0 aromatic carbocycles. The highest BCUT2D eigenvalue weighted by atomic mass is 16.2. The van der Waals surface area contributed by atoms with Crippen molar-refractivity contribution in [2.75, 3.05) is 19.6 Å². The first-order valence-corrected chi connectivity index (χ1v) is 7.80. The van der Waals surface area contributed by atoms with Crippen LogP contribution in [0.1, 0.15) is 39.5 Å². The fraction of sp³-hybridized carbons (Fsp3) is 0.867. The van der Waals surface area contributed by atoms with Crippen molar-refractivity contribution in [2.24, 2.45) is 23.5 Å².